The van der Waals surface area contributed by atoms with Gasteiger partial charge in [-0.1, -0.05) is 0 Å². The van der Waals surface area contributed by atoms with Crippen molar-refractivity contribution in [2.75, 3.05) is 6.61 Å². The Morgan fingerprint density at radius 3 is 2.00 bits per heavy atom. The Labute approximate surface area is 90.8 Å². The molecule has 0 fully saturated rings. The quantitative estimate of drug-likeness (QED) is 0.189. The second-order valence-electron chi connectivity index (χ2n) is 2.57. The summed E-state index contributed by atoms with van der Waals surface area (Å²) in [6.45, 7) is 0.808. The minimum atomic E-state index is -6.20. The third-order valence-corrected chi connectivity index (χ3v) is 1.43. The molecule has 10 heteroatoms. The Kier molecular flexibility index (Phi) is 4.46. The average molecular weight is 260 g/mol. The summed E-state index contributed by atoms with van der Waals surface area (Å²) in [5, 5.41) is 0. The van der Waals surface area contributed by atoms with E-state index in [9.17, 15) is 31.5 Å². The molecule has 0 N–H and O–H groups in total. The van der Waals surface area contributed by atoms with E-state index < -0.39 is 36.2 Å². The molecular weight excluding hydrogens is 255 g/mol. The predicted octanol–water partition coefficient (Wildman–Crippen LogP) is 0.987. The topological polar surface area (TPSA) is 79.8 Å². The van der Waals surface area contributed by atoms with Crippen molar-refractivity contribution in [3.63, 3.8) is 0 Å². The molecule has 17 heavy (non-hydrogen) atoms. The normalized spacial score (nSPS) is 11.6. The molecule has 0 amide bonds. The van der Waals surface area contributed by atoms with Gasteiger partial charge < -0.3 is 10.3 Å². The molecule has 0 aliphatic rings. The lowest BCUT2D eigenvalue weighted by molar-refractivity contribution is -0.266. The van der Waals surface area contributed by atoms with E-state index >= 15 is 0 Å². The maximum absolute atomic E-state index is 12.5. The van der Waals surface area contributed by atoms with Crippen LogP contribution in [-0.4, -0.2) is 41.0 Å². The van der Waals surface area contributed by atoms with Crippen LogP contribution >= 0.6 is 0 Å². The fourth-order valence-electron chi connectivity index (χ4n) is 0.656. The van der Waals surface area contributed by atoms with Gasteiger partial charge in [0.1, 0.15) is 0 Å². The van der Waals surface area contributed by atoms with Crippen molar-refractivity contribution in [1.82, 2.24) is 0 Å². The van der Waals surface area contributed by atoms with E-state index in [1.165, 1.54) is 6.92 Å². The van der Waals surface area contributed by atoms with Gasteiger partial charge in [-0.25, -0.2) is 4.79 Å². The number of ether oxygens (including phenoxy) is 1. The Hall–Kier alpha value is -1.83. The number of alkyl halides is 5. The number of halogens is 5. The van der Waals surface area contributed by atoms with E-state index in [0.29, 0.717) is 0 Å². The zero-order valence-electron chi connectivity index (χ0n) is 8.22. The van der Waals surface area contributed by atoms with E-state index in [-0.39, 0.29) is 0 Å². The minimum absolute atomic E-state index is 0.400. The summed E-state index contributed by atoms with van der Waals surface area (Å²) in [4.78, 5) is 23.3. The van der Waals surface area contributed by atoms with Crippen LogP contribution < -0.4 is 0 Å². The first-order chi connectivity index (χ1) is 7.59. The zero-order chi connectivity index (χ0) is 13.9. The molecule has 0 aromatic carbocycles. The summed E-state index contributed by atoms with van der Waals surface area (Å²) < 4.78 is 64.3. The maximum atomic E-state index is 12.5. The highest BCUT2D eigenvalue weighted by atomic mass is 19.4. The third-order valence-electron chi connectivity index (χ3n) is 1.43. The van der Waals surface area contributed by atoms with Gasteiger partial charge in [0.05, 0.1) is 6.61 Å². The van der Waals surface area contributed by atoms with Crippen LogP contribution in [0.15, 0.2) is 0 Å². The number of ketones is 1. The molecule has 96 valence electrons. The number of hydrogen-bond donors (Lipinski definition) is 0. The Bertz CT molecular complexity index is 383. The Morgan fingerprint density at radius 2 is 1.71 bits per heavy atom. The molecule has 0 heterocycles. The number of hydrogen-bond acceptors (Lipinski definition) is 3. The van der Waals surface area contributed by atoms with Crippen LogP contribution in [0, 0.1) is 0 Å². The highest BCUT2D eigenvalue weighted by molar-refractivity contribution is 6.63. The number of esters is 1. The van der Waals surface area contributed by atoms with Gasteiger partial charge in [0, 0.05) is 0 Å². The smallest absolute Gasteiger partial charge is 0.457 e. The van der Waals surface area contributed by atoms with Gasteiger partial charge in [-0.2, -0.15) is 26.7 Å². The number of rotatable bonds is 4. The van der Waals surface area contributed by atoms with Crippen LogP contribution in [0.3, 0.4) is 0 Å². The van der Waals surface area contributed by atoms with Crippen LogP contribution in [0.25, 0.3) is 5.53 Å². The van der Waals surface area contributed by atoms with E-state index in [4.69, 9.17) is 5.53 Å². The molecular formula is C7H5F5N2O3. The van der Waals surface area contributed by atoms with Gasteiger partial charge in [-0.15, -0.1) is 0 Å². The number of nitrogens with zero attached hydrogens (tertiary/aromatic N) is 2. The van der Waals surface area contributed by atoms with E-state index in [2.05, 4.69) is 4.74 Å². The van der Waals surface area contributed by atoms with Crippen LogP contribution in [-0.2, 0) is 14.3 Å². The molecule has 0 aliphatic carbocycles. The van der Waals surface area contributed by atoms with Crippen LogP contribution in [0.5, 0.6) is 0 Å². The number of carbonyl (C=O) groups is 2. The van der Waals surface area contributed by atoms with Gasteiger partial charge in [0.2, 0.25) is 0 Å². The molecule has 0 aromatic rings. The summed E-state index contributed by atoms with van der Waals surface area (Å²) >= 11 is 0. The largest absolute Gasteiger partial charge is 0.462 e. The van der Waals surface area contributed by atoms with Gasteiger partial charge >= 0.3 is 29.6 Å². The first-order valence-corrected chi connectivity index (χ1v) is 3.98. The highest BCUT2D eigenvalue weighted by Crippen LogP contribution is 2.36. The van der Waals surface area contributed by atoms with Crippen LogP contribution in [0.2, 0.25) is 0 Å². The van der Waals surface area contributed by atoms with Crippen molar-refractivity contribution in [1.29, 1.82) is 0 Å². The average Bonchev–Trinajstić information content (AvgIpc) is 2.17. The van der Waals surface area contributed by atoms with E-state index in [1.807, 2.05) is 0 Å². The first kappa shape index (κ1) is 15.2. The molecule has 0 aromatic heterocycles. The predicted molar refractivity (Wildman–Crippen MR) is 41.3 cm³/mol. The fraction of sp³-hybridized carbons (Fsp3) is 0.571. The number of Topliss-reactive ketones (excluding diaryl/α,β-unsaturated/α-hetero) is 1. The van der Waals surface area contributed by atoms with Crippen molar-refractivity contribution >= 4 is 17.5 Å². The molecule has 0 aliphatic heterocycles. The third kappa shape index (κ3) is 3.06. The minimum Gasteiger partial charge on any atom is -0.457 e. The zero-order valence-corrected chi connectivity index (χ0v) is 8.22. The van der Waals surface area contributed by atoms with Crippen LogP contribution in [0.1, 0.15) is 6.92 Å². The SMILES string of the molecule is CCOC(=O)C(=[N+]=[N-])C(=O)C(F)(F)C(F)(F)F. The second kappa shape index (κ2) is 5.00. The molecule has 0 saturated carbocycles. The fourth-order valence-corrected chi connectivity index (χ4v) is 0.656. The molecule has 0 saturated heterocycles. The lowest BCUT2D eigenvalue weighted by Crippen LogP contribution is -2.49. The molecule has 0 atom stereocenters. The van der Waals surface area contributed by atoms with Crippen molar-refractivity contribution in [2.24, 2.45) is 0 Å². The van der Waals surface area contributed by atoms with Gasteiger partial charge in [0.15, 0.2) is 0 Å². The summed E-state index contributed by atoms with van der Waals surface area (Å²) in [5.74, 6) is -10.7. The van der Waals surface area contributed by atoms with Gasteiger partial charge in [0.25, 0.3) is 0 Å². The monoisotopic (exact) mass is 260 g/mol. The van der Waals surface area contributed by atoms with E-state index in [0.717, 1.165) is 0 Å². The van der Waals surface area contributed by atoms with Crippen molar-refractivity contribution < 1.29 is 41.1 Å². The van der Waals surface area contributed by atoms with E-state index in [1.54, 1.807) is 4.79 Å². The standard InChI is InChI=1S/C7H5F5N2O3/c1-2-17-5(16)3(14-13)4(15)6(8,9)7(10,11)12/h2H2,1H3. The molecule has 0 spiro atoms. The first-order valence-electron chi connectivity index (χ1n) is 3.98. The summed E-state index contributed by atoms with van der Waals surface area (Å²) in [5.41, 5.74) is 6.07. The molecule has 5 nitrogen and oxygen atoms in total. The Balaban J connectivity index is 5.30. The highest BCUT2D eigenvalue weighted by Gasteiger charge is 2.67. The second-order valence-corrected chi connectivity index (χ2v) is 2.57. The molecule has 0 bridgehead atoms. The molecule has 0 unspecified atom stereocenters. The lowest BCUT2D eigenvalue weighted by atomic mass is 10.1. The molecule has 0 rings (SSSR count). The summed E-state index contributed by atoms with van der Waals surface area (Å²) in [6.07, 6.45) is -6.20. The maximum Gasteiger partial charge on any atom is 0.462 e. The summed E-state index contributed by atoms with van der Waals surface area (Å²) in [7, 11) is 0. The van der Waals surface area contributed by atoms with Crippen molar-refractivity contribution in [2.45, 2.75) is 19.0 Å². The Morgan fingerprint density at radius 1 is 1.24 bits per heavy atom. The van der Waals surface area contributed by atoms with Crippen molar-refractivity contribution in [3.8, 4) is 0 Å². The van der Waals surface area contributed by atoms with Crippen LogP contribution in [0.4, 0.5) is 22.0 Å². The summed E-state index contributed by atoms with van der Waals surface area (Å²) in [6, 6.07) is 0. The van der Waals surface area contributed by atoms with Crippen molar-refractivity contribution in [3.05, 3.63) is 5.53 Å². The molecule has 0 radical (unpaired) electrons. The lowest BCUT2D eigenvalue weighted by Gasteiger charge is -2.15. The van der Waals surface area contributed by atoms with Gasteiger partial charge in [-0.05, 0) is 6.92 Å². The van der Waals surface area contributed by atoms with Gasteiger partial charge in [-0.3, -0.25) is 4.79 Å². The number of carbonyl (C=O) groups excluding carboxylic acids is 2.